The van der Waals surface area contributed by atoms with Crippen molar-refractivity contribution < 1.29 is 0 Å². The molecule has 0 bridgehead atoms. The van der Waals surface area contributed by atoms with Crippen LogP contribution in [0.3, 0.4) is 0 Å². The quantitative estimate of drug-likeness (QED) is 0.811. The first-order valence-corrected chi connectivity index (χ1v) is 6.01. The second-order valence-corrected chi connectivity index (χ2v) is 5.65. The van der Waals surface area contributed by atoms with Crippen LogP contribution in [0.4, 0.5) is 0 Å². The molecule has 14 heavy (non-hydrogen) atoms. The Hall–Kier alpha value is -0.410. The highest BCUT2D eigenvalue weighted by Crippen LogP contribution is 2.15. The van der Waals surface area contributed by atoms with Crippen molar-refractivity contribution in [3.05, 3.63) is 16.1 Å². The van der Waals surface area contributed by atoms with Crippen molar-refractivity contribution in [2.24, 2.45) is 0 Å². The summed E-state index contributed by atoms with van der Waals surface area (Å²) in [5.74, 6) is 0. The van der Waals surface area contributed by atoms with Gasteiger partial charge in [0.05, 0.1) is 5.01 Å². The average molecular weight is 212 g/mol. The zero-order chi connectivity index (χ0) is 10.6. The van der Waals surface area contributed by atoms with Gasteiger partial charge < -0.3 is 5.32 Å². The largest absolute Gasteiger partial charge is 0.307 e. The Morgan fingerprint density at radius 2 is 2.21 bits per heavy atom. The zero-order valence-corrected chi connectivity index (χ0v) is 10.4. The summed E-state index contributed by atoms with van der Waals surface area (Å²) in [4.78, 5) is 5.57. The number of aromatic nitrogens is 1. The van der Waals surface area contributed by atoms with Gasteiger partial charge in [-0.3, -0.25) is 0 Å². The smallest absolute Gasteiger partial charge is 0.0897 e. The molecule has 0 atom stereocenters. The van der Waals surface area contributed by atoms with E-state index in [0.717, 1.165) is 11.6 Å². The fraction of sp³-hybridized carbons (Fsp3) is 0.727. The molecule has 0 amide bonds. The Labute approximate surface area is 90.8 Å². The molecule has 0 aliphatic heterocycles. The number of nitrogens with one attached hydrogen (secondary N) is 1. The van der Waals surface area contributed by atoms with Crippen LogP contribution in [0, 0.1) is 6.92 Å². The van der Waals surface area contributed by atoms with Crippen molar-refractivity contribution in [2.75, 3.05) is 0 Å². The molecule has 1 rings (SSSR count). The van der Waals surface area contributed by atoms with Crippen molar-refractivity contribution in [2.45, 2.75) is 52.6 Å². The van der Waals surface area contributed by atoms with E-state index in [9.17, 15) is 0 Å². The molecule has 3 heteroatoms. The minimum atomic E-state index is 0.243. The van der Waals surface area contributed by atoms with E-state index in [2.05, 4.69) is 31.1 Å². The molecule has 0 aliphatic carbocycles. The summed E-state index contributed by atoms with van der Waals surface area (Å²) in [5, 5.41) is 4.71. The van der Waals surface area contributed by atoms with Crippen LogP contribution in [0.2, 0.25) is 0 Å². The van der Waals surface area contributed by atoms with Gasteiger partial charge in [0.25, 0.3) is 0 Å². The first-order valence-electron chi connectivity index (χ1n) is 5.20. The molecule has 1 heterocycles. The monoisotopic (exact) mass is 212 g/mol. The lowest BCUT2D eigenvalue weighted by atomic mass is 9.99. The maximum atomic E-state index is 4.24. The average Bonchev–Trinajstić information content (AvgIpc) is 2.48. The van der Waals surface area contributed by atoms with Gasteiger partial charge in [-0.25, -0.2) is 4.98 Å². The number of thiazole rings is 1. The van der Waals surface area contributed by atoms with Crippen molar-refractivity contribution in [1.29, 1.82) is 0 Å². The molecule has 0 aliphatic rings. The molecule has 1 aromatic heterocycles. The summed E-state index contributed by atoms with van der Waals surface area (Å²) >= 11 is 1.77. The first kappa shape index (κ1) is 11.7. The van der Waals surface area contributed by atoms with E-state index in [0.29, 0.717) is 0 Å². The number of aryl methyl sites for hydroxylation is 1. The van der Waals surface area contributed by atoms with Crippen LogP contribution in [0.15, 0.2) is 6.20 Å². The fourth-order valence-electron chi connectivity index (χ4n) is 1.53. The van der Waals surface area contributed by atoms with Crippen molar-refractivity contribution in [3.63, 3.8) is 0 Å². The van der Waals surface area contributed by atoms with E-state index in [1.165, 1.54) is 17.7 Å². The highest BCUT2D eigenvalue weighted by Gasteiger charge is 2.15. The van der Waals surface area contributed by atoms with Crippen molar-refractivity contribution >= 4 is 11.3 Å². The number of rotatable bonds is 5. The van der Waals surface area contributed by atoms with Crippen molar-refractivity contribution in [3.8, 4) is 0 Å². The Morgan fingerprint density at radius 3 is 2.71 bits per heavy atom. The van der Waals surface area contributed by atoms with Crippen LogP contribution < -0.4 is 5.32 Å². The number of hydrogen-bond donors (Lipinski definition) is 1. The van der Waals surface area contributed by atoms with Crippen molar-refractivity contribution in [1.82, 2.24) is 10.3 Å². The molecule has 0 saturated heterocycles. The molecule has 0 radical (unpaired) electrons. The molecule has 0 saturated carbocycles. The molecular weight excluding hydrogens is 192 g/mol. The van der Waals surface area contributed by atoms with Gasteiger partial charge in [0.2, 0.25) is 0 Å². The van der Waals surface area contributed by atoms with E-state index >= 15 is 0 Å². The lowest BCUT2D eigenvalue weighted by molar-refractivity contribution is 0.358. The Balaban J connectivity index is 2.40. The molecule has 0 fully saturated rings. The summed E-state index contributed by atoms with van der Waals surface area (Å²) in [6.07, 6.45) is 4.40. The van der Waals surface area contributed by atoms with Crippen LogP contribution in [-0.2, 0) is 6.54 Å². The molecule has 2 nitrogen and oxygen atoms in total. The van der Waals surface area contributed by atoms with Gasteiger partial charge in [0, 0.05) is 23.2 Å². The highest BCUT2D eigenvalue weighted by molar-refractivity contribution is 7.11. The summed E-state index contributed by atoms with van der Waals surface area (Å²) in [5.41, 5.74) is 0.243. The van der Waals surface area contributed by atoms with E-state index in [1.54, 1.807) is 11.3 Å². The Kier molecular flexibility index (Phi) is 4.08. The standard InChI is InChI=1S/C11H20N2S/c1-5-6-11(3,4)13-8-10-7-12-9(2)14-10/h7,13H,5-6,8H2,1-4H3. The Bertz CT molecular complexity index is 279. The third-order valence-corrected chi connectivity index (χ3v) is 3.20. The lowest BCUT2D eigenvalue weighted by Crippen LogP contribution is -2.38. The maximum absolute atomic E-state index is 4.24. The topological polar surface area (TPSA) is 24.9 Å². The zero-order valence-electron chi connectivity index (χ0n) is 9.55. The molecular formula is C11H20N2S. The summed E-state index contributed by atoms with van der Waals surface area (Å²) in [6.45, 7) is 9.72. The minimum absolute atomic E-state index is 0.243. The van der Waals surface area contributed by atoms with Gasteiger partial charge in [-0.1, -0.05) is 13.3 Å². The normalized spacial score (nSPS) is 12.0. The minimum Gasteiger partial charge on any atom is -0.307 e. The third-order valence-electron chi connectivity index (χ3n) is 2.29. The third kappa shape index (κ3) is 3.76. The maximum Gasteiger partial charge on any atom is 0.0897 e. The van der Waals surface area contributed by atoms with Crippen LogP contribution in [0.5, 0.6) is 0 Å². The van der Waals surface area contributed by atoms with E-state index in [-0.39, 0.29) is 5.54 Å². The van der Waals surface area contributed by atoms with Gasteiger partial charge in [0.1, 0.15) is 0 Å². The van der Waals surface area contributed by atoms with Crippen LogP contribution >= 0.6 is 11.3 Å². The Morgan fingerprint density at radius 1 is 1.50 bits per heavy atom. The predicted molar refractivity (Wildman–Crippen MR) is 62.7 cm³/mol. The second-order valence-electron chi connectivity index (χ2n) is 4.33. The van der Waals surface area contributed by atoms with Crippen LogP contribution in [0.25, 0.3) is 0 Å². The van der Waals surface area contributed by atoms with E-state index in [1.807, 2.05) is 13.1 Å². The SMILES string of the molecule is CCCC(C)(C)NCc1cnc(C)s1. The molecule has 0 aromatic carbocycles. The summed E-state index contributed by atoms with van der Waals surface area (Å²) in [6, 6.07) is 0. The van der Waals surface area contributed by atoms with Crippen LogP contribution in [-0.4, -0.2) is 10.5 Å². The molecule has 0 spiro atoms. The van der Waals surface area contributed by atoms with Gasteiger partial charge in [-0.15, -0.1) is 11.3 Å². The van der Waals surface area contributed by atoms with Gasteiger partial charge >= 0.3 is 0 Å². The second kappa shape index (κ2) is 4.89. The lowest BCUT2D eigenvalue weighted by Gasteiger charge is -2.25. The van der Waals surface area contributed by atoms with E-state index in [4.69, 9.17) is 0 Å². The summed E-state index contributed by atoms with van der Waals surface area (Å²) < 4.78 is 0. The van der Waals surface area contributed by atoms with Crippen LogP contribution in [0.1, 0.15) is 43.5 Å². The van der Waals surface area contributed by atoms with Gasteiger partial charge in [0.15, 0.2) is 0 Å². The molecule has 0 unspecified atom stereocenters. The highest BCUT2D eigenvalue weighted by atomic mass is 32.1. The molecule has 1 aromatic rings. The summed E-state index contributed by atoms with van der Waals surface area (Å²) in [7, 11) is 0. The number of nitrogens with zero attached hydrogens (tertiary/aromatic N) is 1. The fourth-order valence-corrected chi connectivity index (χ4v) is 2.26. The van der Waals surface area contributed by atoms with Gasteiger partial charge in [-0.2, -0.15) is 0 Å². The first-order chi connectivity index (χ1) is 6.53. The number of hydrogen-bond acceptors (Lipinski definition) is 3. The molecule has 80 valence electrons. The molecule has 1 N–H and O–H groups in total. The van der Waals surface area contributed by atoms with E-state index < -0.39 is 0 Å². The predicted octanol–water partition coefficient (Wildman–Crippen LogP) is 3.12. The van der Waals surface area contributed by atoms with Gasteiger partial charge in [-0.05, 0) is 27.2 Å².